The topological polar surface area (TPSA) is 115 Å². The highest BCUT2D eigenvalue weighted by molar-refractivity contribution is 5.93. The molecular formula is C24H34O6. The molecule has 0 saturated heterocycles. The van der Waals surface area contributed by atoms with Crippen molar-refractivity contribution in [2.45, 2.75) is 78.6 Å². The maximum atomic E-state index is 11.7. The fourth-order valence-electron chi connectivity index (χ4n) is 3.30. The Bertz CT molecular complexity index is 800. The monoisotopic (exact) mass is 418 g/mol. The van der Waals surface area contributed by atoms with Crippen molar-refractivity contribution in [1.29, 1.82) is 0 Å². The molecule has 0 fully saturated rings. The zero-order valence-corrected chi connectivity index (χ0v) is 18.2. The number of carboxylic acids is 2. The summed E-state index contributed by atoms with van der Waals surface area (Å²) in [4.78, 5) is 22.3. The molecule has 1 aromatic rings. The van der Waals surface area contributed by atoms with Crippen molar-refractivity contribution < 1.29 is 30.0 Å². The molecule has 166 valence electrons. The summed E-state index contributed by atoms with van der Waals surface area (Å²) in [5.41, 5.74) is 2.81. The Labute approximate surface area is 178 Å². The summed E-state index contributed by atoms with van der Waals surface area (Å²) in [7, 11) is 0. The van der Waals surface area contributed by atoms with E-state index in [9.17, 15) is 24.9 Å². The number of allylic oxidation sites excluding steroid dienone is 4. The lowest BCUT2D eigenvalue weighted by Crippen LogP contribution is -2.06. The third-order valence-electron chi connectivity index (χ3n) is 5.01. The van der Waals surface area contributed by atoms with Gasteiger partial charge in [-0.25, -0.2) is 4.79 Å². The molecule has 0 saturated carbocycles. The van der Waals surface area contributed by atoms with Gasteiger partial charge in [-0.3, -0.25) is 4.79 Å². The van der Waals surface area contributed by atoms with Crippen molar-refractivity contribution in [2.24, 2.45) is 0 Å². The number of aliphatic carboxylic acids is 1. The quantitative estimate of drug-likeness (QED) is 0.244. The third kappa shape index (κ3) is 8.72. The lowest BCUT2D eigenvalue weighted by molar-refractivity contribution is -0.137. The molecule has 0 radical (unpaired) electrons. The number of aromatic carboxylic acids is 1. The van der Waals surface area contributed by atoms with Crippen LogP contribution < -0.4 is 0 Å². The highest BCUT2D eigenvalue weighted by Gasteiger charge is 2.21. The van der Waals surface area contributed by atoms with Gasteiger partial charge in [0, 0.05) is 12.0 Å². The van der Waals surface area contributed by atoms with Crippen LogP contribution in [0.15, 0.2) is 29.4 Å². The van der Waals surface area contributed by atoms with Crippen molar-refractivity contribution in [3.8, 4) is 11.5 Å². The molecule has 6 nitrogen and oxygen atoms in total. The zero-order chi connectivity index (χ0) is 22.7. The van der Waals surface area contributed by atoms with Gasteiger partial charge < -0.3 is 20.4 Å². The molecule has 4 N–H and O–H groups in total. The number of unbranched alkanes of at least 4 members (excludes halogenated alkanes) is 3. The summed E-state index contributed by atoms with van der Waals surface area (Å²) >= 11 is 0. The molecule has 0 atom stereocenters. The molecule has 0 aliphatic rings. The van der Waals surface area contributed by atoms with Gasteiger partial charge in [0.25, 0.3) is 0 Å². The minimum Gasteiger partial charge on any atom is -0.508 e. The Morgan fingerprint density at radius 1 is 0.933 bits per heavy atom. The molecule has 0 aromatic heterocycles. The predicted octanol–water partition coefficient (Wildman–Crippen LogP) is 5.61. The Hall–Kier alpha value is -2.76. The molecule has 0 bridgehead atoms. The number of aryl methyl sites for hydroxylation is 1. The Morgan fingerprint density at radius 3 is 2.20 bits per heavy atom. The first-order valence-electron chi connectivity index (χ1n) is 10.4. The number of phenols is 2. The van der Waals surface area contributed by atoms with Crippen LogP contribution in [0.3, 0.4) is 0 Å². The van der Waals surface area contributed by atoms with Gasteiger partial charge in [0.1, 0.15) is 17.1 Å². The highest BCUT2D eigenvalue weighted by atomic mass is 16.4. The van der Waals surface area contributed by atoms with E-state index in [0.717, 1.165) is 31.3 Å². The Balaban J connectivity index is 2.86. The van der Waals surface area contributed by atoms with Crippen LogP contribution in [-0.2, 0) is 17.6 Å². The Morgan fingerprint density at radius 2 is 1.60 bits per heavy atom. The normalized spacial score (nSPS) is 11.4. The second-order valence-electron chi connectivity index (χ2n) is 7.94. The average molecular weight is 419 g/mol. The fourth-order valence-corrected chi connectivity index (χ4v) is 3.30. The fraction of sp³-hybridized carbons (Fsp3) is 0.500. The zero-order valence-electron chi connectivity index (χ0n) is 18.2. The number of phenolic OH excluding ortho intramolecular Hbond substituents is 1. The molecule has 0 unspecified atom stereocenters. The van der Waals surface area contributed by atoms with Crippen LogP contribution in [0.25, 0.3) is 0 Å². The van der Waals surface area contributed by atoms with E-state index < -0.39 is 11.9 Å². The Kier molecular flexibility index (Phi) is 10.7. The highest BCUT2D eigenvalue weighted by Crippen LogP contribution is 2.35. The first-order valence-corrected chi connectivity index (χ1v) is 10.4. The molecule has 0 amide bonds. The van der Waals surface area contributed by atoms with Crippen molar-refractivity contribution in [2.75, 3.05) is 0 Å². The molecule has 6 heteroatoms. The van der Waals surface area contributed by atoms with Crippen LogP contribution in [0.5, 0.6) is 11.5 Å². The van der Waals surface area contributed by atoms with E-state index in [2.05, 4.69) is 6.08 Å². The second-order valence-corrected chi connectivity index (χ2v) is 7.94. The van der Waals surface area contributed by atoms with Crippen LogP contribution in [0, 0.1) is 0 Å². The maximum Gasteiger partial charge on any atom is 0.339 e. The number of carboxylic acid groups (broad SMARTS) is 2. The largest absolute Gasteiger partial charge is 0.508 e. The molecular weight excluding hydrogens is 384 g/mol. The van der Waals surface area contributed by atoms with Gasteiger partial charge >= 0.3 is 11.9 Å². The number of aromatic hydroxyl groups is 2. The van der Waals surface area contributed by atoms with Crippen LogP contribution in [-0.4, -0.2) is 32.4 Å². The summed E-state index contributed by atoms with van der Waals surface area (Å²) in [5, 5.41) is 39.2. The summed E-state index contributed by atoms with van der Waals surface area (Å²) in [6.07, 6.45) is 9.32. The van der Waals surface area contributed by atoms with Gasteiger partial charge in [0.05, 0.1) is 0 Å². The number of hydrogen-bond donors (Lipinski definition) is 4. The molecule has 0 aliphatic carbocycles. The standard InChI is InChI=1S/C24H34O6/c1-16(2)9-8-10-17(3)13-14-19-20(25)15-18(22(23(19)28)24(29)30)11-6-4-5-7-12-21(26)27/h9,13,15,25,28H,4-8,10-12,14H2,1-3H3,(H,26,27)(H,29,30)/b17-13+. The van der Waals surface area contributed by atoms with Crippen molar-refractivity contribution in [3.63, 3.8) is 0 Å². The van der Waals surface area contributed by atoms with Gasteiger partial charge in [0.2, 0.25) is 0 Å². The van der Waals surface area contributed by atoms with Crippen LogP contribution in [0.2, 0.25) is 0 Å². The molecule has 30 heavy (non-hydrogen) atoms. The van der Waals surface area contributed by atoms with Crippen molar-refractivity contribution in [3.05, 3.63) is 46.1 Å². The SMILES string of the molecule is CC(C)=CCC/C(C)=C/Cc1c(O)cc(CCCCCCC(=O)O)c(C(=O)O)c1O. The first kappa shape index (κ1) is 25.3. The van der Waals surface area contributed by atoms with E-state index in [-0.39, 0.29) is 35.5 Å². The number of benzene rings is 1. The number of hydrogen-bond acceptors (Lipinski definition) is 4. The number of carbonyl (C=O) groups is 2. The summed E-state index contributed by atoms with van der Waals surface area (Å²) in [6, 6.07) is 1.43. The molecule has 0 aliphatic heterocycles. The van der Waals surface area contributed by atoms with Crippen molar-refractivity contribution >= 4 is 11.9 Å². The van der Waals surface area contributed by atoms with Crippen LogP contribution in [0.1, 0.15) is 87.2 Å². The lowest BCUT2D eigenvalue weighted by atomic mass is 9.94. The summed E-state index contributed by atoms with van der Waals surface area (Å²) < 4.78 is 0. The van der Waals surface area contributed by atoms with E-state index in [1.165, 1.54) is 11.6 Å². The van der Waals surface area contributed by atoms with Gasteiger partial charge in [-0.05, 0) is 70.9 Å². The number of rotatable bonds is 13. The van der Waals surface area contributed by atoms with E-state index in [1.54, 1.807) is 0 Å². The molecule has 1 rings (SSSR count). The van der Waals surface area contributed by atoms with E-state index in [1.807, 2.05) is 26.8 Å². The van der Waals surface area contributed by atoms with Crippen LogP contribution >= 0.6 is 0 Å². The van der Waals surface area contributed by atoms with E-state index >= 15 is 0 Å². The maximum absolute atomic E-state index is 11.7. The molecule has 0 heterocycles. The molecule has 0 spiro atoms. The average Bonchev–Trinajstić information content (AvgIpc) is 2.63. The van der Waals surface area contributed by atoms with Crippen LogP contribution in [0.4, 0.5) is 0 Å². The smallest absolute Gasteiger partial charge is 0.339 e. The minimum absolute atomic E-state index is 0.105. The molecule has 1 aromatic carbocycles. The van der Waals surface area contributed by atoms with Gasteiger partial charge in [-0.2, -0.15) is 0 Å². The second kappa shape index (κ2) is 12.7. The van der Waals surface area contributed by atoms with Gasteiger partial charge in [-0.1, -0.05) is 36.1 Å². The minimum atomic E-state index is -1.22. The first-order chi connectivity index (χ1) is 14.1. The van der Waals surface area contributed by atoms with E-state index in [4.69, 9.17) is 5.11 Å². The van der Waals surface area contributed by atoms with Gasteiger partial charge in [-0.15, -0.1) is 0 Å². The summed E-state index contributed by atoms with van der Waals surface area (Å²) in [6.45, 7) is 6.06. The third-order valence-corrected chi connectivity index (χ3v) is 5.01. The van der Waals surface area contributed by atoms with E-state index in [0.29, 0.717) is 24.8 Å². The van der Waals surface area contributed by atoms with Gasteiger partial charge in [0.15, 0.2) is 0 Å². The van der Waals surface area contributed by atoms with Crippen molar-refractivity contribution in [1.82, 2.24) is 0 Å². The lowest BCUT2D eigenvalue weighted by Gasteiger charge is -2.14. The summed E-state index contributed by atoms with van der Waals surface area (Å²) in [5.74, 6) is -2.53. The predicted molar refractivity (Wildman–Crippen MR) is 117 cm³/mol.